The lowest BCUT2D eigenvalue weighted by Gasteiger charge is -2.19. The predicted molar refractivity (Wildman–Crippen MR) is 82.5 cm³/mol. The zero-order valence-electron chi connectivity index (χ0n) is 12.0. The lowest BCUT2D eigenvalue weighted by atomic mass is 9.95. The van der Waals surface area contributed by atoms with E-state index in [9.17, 15) is 0 Å². The van der Waals surface area contributed by atoms with Gasteiger partial charge in [-0.3, -0.25) is 0 Å². The van der Waals surface area contributed by atoms with Crippen LogP contribution in [0, 0.1) is 0 Å². The third-order valence-electron chi connectivity index (χ3n) is 3.10. The maximum Gasteiger partial charge on any atom is 0.175 e. The molecule has 0 saturated heterocycles. The van der Waals surface area contributed by atoms with Crippen molar-refractivity contribution in [3.8, 4) is 0 Å². The number of hydrogen-bond donors (Lipinski definition) is 1. The molecule has 108 valence electrons. The van der Waals surface area contributed by atoms with Crippen LogP contribution in [0.3, 0.4) is 0 Å². The zero-order valence-corrected chi connectivity index (χ0v) is 13.6. The van der Waals surface area contributed by atoms with E-state index in [4.69, 9.17) is 0 Å². The Kier molecular flexibility index (Phi) is 5.25. The summed E-state index contributed by atoms with van der Waals surface area (Å²) in [6.45, 7) is 5.19. The minimum absolute atomic E-state index is 0.317. The smallest absolute Gasteiger partial charge is 0.175 e. The van der Waals surface area contributed by atoms with Crippen LogP contribution < -0.4 is 5.32 Å². The van der Waals surface area contributed by atoms with Gasteiger partial charge in [-0.2, -0.15) is 4.80 Å². The fourth-order valence-corrected chi connectivity index (χ4v) is 2.71. The first-order valence-corrected chi connectivity index (χ1v) is 7.56. The Morgan fingerprint density at radius 1 is 1.30 bits per heavy atom. The second-order valence-corrected chi connectivity index (χ2v) is 6.03. The normalized spacial score (nSPS) is 12.8. The molecule has 0 aliphatic rings. The summed E-state index contributed by atoms with van der Waals surface area (Å²) in [7, 11) is 1.79. The molecule has 0 bridgehead atoms. The second kappa shape index (κ2) is 6.95. The van der Waals surface area contributed by atoms with E-state index in [1.165, 1.54) is 10.4 Å². The third kappa shape index (κ3) is 4.11. The fraction of sp³-hybridized carbons (Fsp3) is 0.500. The summed E-state index contributed by atoms with van der Waals surface area (Å²) in [4.78, 5) is 1.50. The van der Waals surface area contributed by atoms with Crippen molar-refractivity contribution in [2.45, 2.75) is 32.2 Å². The van der Waals surface area contributed by atoms with Gasteiger partial charge in [0.2, 0.25) is 0 Å². The summed E-state index contributed by atoms with van der Waals surface area (Å²) in [5, 5.41) is 15.8. The average molecular weight is 338 g/mol. The van der Waals surface area contributed by atoms with E-state index in [0.717, 1.165) is 23.3 Å². The summed E-state index contributed by atoms with van der Waals surface area (Å²) in [5.74, 6) is 1.09. The van der Waals surface area contributed by atoms with Crippen LogP contribution in [0.1, 0.15) is 31.2 Å². The SMILES string of the molecule is CC(C)NCC(Cc1nnn(C)n1)c1ccccc1Br. The molecule has 1 aromatic carbocycles. The number of nitrogens with zero attached hydrogens (tertiary/aromatic N) is 4. The average Bonchev–Trinajstić information content (AvgIpc) is 2.81. The number of halogens is 1. The molecule has 1 aromatic heterocycles. The van der Waals surface area contributed by atoms with Crippen molar-refractivity contribution < 1.29 is 0 Å². The highest BCUT2D eigenvalue weighted by molar-refractivity contribution is 9.10. The lowest BCUT2D eigenvalue weighted by molar-refractivity contribution is 0.518. The maximum atomic E-state index is 4.28. The van der Waals surface area contributed by atoms with Gasteiger partial charge in [-0.1, -0.05) is 48.0 Å². The molecule has 1 N–H and O–H groups in total. The molecule has 0 saturated carbocycles. The molecule has 0 fully saturated rings. The number of rotatable bonds is 6. The van der Waals surface area contributed by atoms with Crippen molar-refractivity contribution in [1.82, 2.24) is 25.5 Å². The van der Waals surface area contributed by atoms with Crippen molar-refractivity contribution in [3.63, 3.8) is 0 Å². The summed E-state index contributed by atoms with van der Waals surface area (Å²) < 4.78 is 1.12. The van der Waals surface area contributed by atoms with E-state index in [1.807, 2.05) is 6.07 Å². The van der Waals surface area contributed by atoms with Gasteiger partial charge in [0.1, 0.15) is 0 Å². The Balaban J connectivity index is 2.18. The van der Waals surface area contributed by atoms with Crippen LogP contribution in [0.5, 0.6) is 0 Å². The molecule has 1 unspecified atom stereocenters. The molecule has 2 rings (SSSR count). The highest BCUT2D eigenvalue weighted by atomic mass is 79.9. The van der Waals surface area contributed by atoms with Crippen molar-refractivity contribution in [3.05, 3.63) is 40.1 Å². The van der Waals surface area contributed by atoms with Gasteiger partial charge in [-0.05, 0) is 16.8 Å². The standard InChI is InChI=1S/C14H20BrN5/c1-10(2)16-9-11(8-14-17-19-20(3)18-14)12-6-4-5-7-13(12)15/h4-7,10-11,16H,8-9H2,1-3H3. The summed E-state index contributed by atoms with van der Waals surface area (Å²) in [6, 6.07) is 8.76. The van der Waals surface area contributed by atoms with Crippen LogP contribution >= 0.6 is 15.9 Å². The van der Waals surface area contributed by atoms with Gasteiger partial charge in [0.05, 0.1) is 7.05 Å². The Morgan fingerprint density at radius 2 is 2.05 bits per heavy atom. The van der Waals surface area contributed by atoms with Gasteiger partial charge >= 0.3 is 0 Å². The number of hydrogen-bond acceptors (Lipinski definition) is 4. The molecule has 1 atom stereocenters. The molecular weight excluding hydrogens is 318 g/mol. The molecule has 6 heteroatoms. The Labute approximate surface area is 127 Å². The minimum Gasteiger partial charge on any atom is -0.314 e. The van der Waals surface area contributed by atoms with Crippen LogP contribution in [0.25, 0.3) is 0 Å². The highest BCUT2D eigenvalue weighted by Crippen LogP contribution is 2.26. The molecule has 1 heterocycles. The maximum absolute atomic E-state index is 4.28. The van der Waals surface area contributed by atoms with Gasteiger partial charge in [0, 0.05) is 29.4 Å². The first-order valence-electron chi connectivity index (χ1n) is 6.77. The van der Waals surface area contributed by atoms with E-state index in [1.54, 1.807) is 7.05 Å². The molecule has 0 spiro atoms. The number of aromatic nitrogens is 4. The van der Waals surface area contributed by atoms with Crippen molar-refractivity contribution in [2.24, 2.45) is 7.05 Å². The van der Waals surface area contributed by atoms with Gasteiger partial charge < -0.3 is 5.32 Å². The van der Waals surface area contributed by atoms with E-state index in [0.29, 0.717) is 12.0 Å². The number of nitrogens with one attached hydrogen (secondary N) is 1. The fourth-order valence-electron chi connectivity index (χ4n) is 2.10. The van der Waals surface area contributed by atoms with E-state index in [2.05, 4.69) is 68.7 Å². The van der Waals surface area contributed by atoms with E-state index >= 15 is 0 Å². The van der Waals surface area contributed by atoms with Gasteiger partial charge in [-0.15, -0.1) is 10.2 Å². The summed E-state index contributed by atoms with van der Waals surface area (Å²) in [6.07, 6.45) is 0.774. The molecule has 20 heavy (non-hydrogen) atoms. The van der Waals surface area contributed by atoms with Crippen LogP contribution in [0.15, 0.2) is 28.7 Å². The first-order chi connectivity index (χ1) is 9.56. The number of tetrazole rings is 1. The van der Waals surface area contributed by atoms with Crippen LogP contribution in [0.2, 0.25) is 0 Å². The van der Waals surface area contributed by atoms with Gasteiger partial charge in [0.15, 0.2) is 5.82 Å². The van der Waals surface area contributed by atoms with Crippen molar-refractivity contribution in [1.29, 1.82) is 0 Å². The first kappa shape index (κ1) is 15.1. The van der Waals surface area contributed by atoms with E-state index < -0.39 is 0 Å². The molecule has 0 radical (unpaired) electrons. The Hall–Kier alpha value is -1.27. The number of benzene rings is 1. The molecule has 0 aliphatic carbocycles. The van der Waals surface area contributed by atoms with Crippen LogP contribution in [-0.4, -0.2) is 32.8 Å². The van der Waals surface area contributed by atoms with Crippen LogP contribution in [0.4, 0.5) is 0 Å². The predicted octanol–water partition coefficient (Wildman–Crippen LogP) is 2.30. The zero-order chi connectivity index (χ0) is 14.5. The molecular formula is C14H20BrN5. The lowest BCUT2D eigenvalue weighted by Crippen LogP contribution is -2.29. The largest absolute Gasteiger partial charge is 0.314 e. The number of aryl methyl sites for hydroxylation is 1. The van der Waals surface area contributed by atoms with Gasteiger partial charge in [0.25, 0.3) is 0 Å². The molecule has 0 aliphatic heterocycles. The quantitative estimate of drug-likeness (QED) is 0.878. The monoisotopic (exact) mass is 337 g/mol. The van der Waals surface area contributed by atoms with E-state index in [-0.39, 0.29) is 0 Å². The topological polar surface area (TPSA) is 55.6 Å². The summed E-state index contributed by atoms with van der Waals surface area (Å²) >= 11 is 3.63. The Morgan fingerprint density at radius 3 is 2.65 bits per heavy atom. The van der Waals surface area contributed by atoms with Gasteiger partial charge in [-0.25, -0.2) is 0 Å². The second-order valence-electron chi connectivity index (χ2n) is 5.18. The highest BCUT2D eigenvalue weighted by Gasteiger charge is 2.17. The molecule has 2 aromatic rings. The van der Waals surface area contributed by atoms with Crippen LogP contribution in [-0.2, 0) is 13.5 Å². The third-order valence-corrected chi connectivity index (χ3v) is 3.82. The summed E-state index contributed by atoms with van der Waals surface area (Å²) in [5.41, 5.74) is 1.27. The molecule has 0 amide bonds. The van der Waals surface area contributed by atoms with Crippen molar-refractivity contribution >= 4 is 15.9 Å². The molecule has 5 nitrogen and oxygen atoms in total. The Bertz CT molecular complexity index is 552. The van der Waals surface area contributed by atoms with Crippen molar-refractivity contribution in [2.75, 3.05) is 6.54 Å². The minimum atomic E-state index is 0.317.